The van der Waals surface area contributed by atoms with Gasteiger partial charge in [-0.2, -0.15) is 0 Å². The van der Waals surface area contributed by atoms with Crippen molar-refractivity contribution >= 4 is 11.8 Å². The van der Waals surface area contributed by atoms with Gasteiger partial charge in [-0.15, -0.1) is 11.8 Å². The monoisotopic (exact) mass is 480 g/mol. The highest BCUT2D eigenvalue weighted by Crippen LogP contribution is 2.24. The van der Waals surface area contributed by atoms with Crippen LogP contribution in [-0.2, 0) is 6.42 Å². The Morgan fingerprint density at radius 3 is 1.97 bits per heavy atom. The van der Waals surface area contributed by atoms with E-state index in [-0.39, 0.29) is 16.0 Å². The van der Waals surface area contributed by atoms with Crippen LogP contribution in [0, 0.1) is 53.9 Å². The predicted octanol–water partition coefficient (Wildman–Crippen LogP) is 7.81. The molecule has 3 aromatic carbocycles. The van der Waals surface area contributed by atoms with Gasteiger partial charge in [0, 0.05) is 16.7 Å². The van der Waals surface area contributed by atoms with Gasteiger partial charge in [0.1, 0.15) is 23.3 Å². The largest absolute Gasteiger partial charge is 0.206 e. The van der Waals surface area contributed by atoms with Crippen LogP contribution in [0.25, 0.3) is 0 Å². The minimum absolute atomic E-state index is 0.0383. The van der Waals surface area contributed by atoms with Crippen molar-refractivity contribution < 1.29 is 17.6 Å². The average molecular weight is 481 g/mol. The van der Waals surface area contributed by atoms with Gasteiger partial charge in [0.25, 0.3) is 0 Å². The summed E-state index contributed by atoms with van der Waals surface area (Å²) in [5, 5.41) is 0. The van der Waals surface area contributed by atoms with Crippen molar-refractivity contribution in [2.75, 3.05) is 6.26 Å². The van der Waals surface area contributed by atoms with Gasteiger partial charge in [-0.1, -0.05) is 43.4 Å². The van der Waals surface area contributed by atoms with Gasteiger partial charge in [0.2, 0.25) is 0 Å². The van der Waals surface area contributed by atoms with E-state index in [1.54, 1.807) is 24.5 Å². The molecule has 174 valence electrons. The molecule has 3 aromatic rings. The maximum absolute atomic E-state index is 14.4. The highest BCUT2D eigenvalue weighted by atomic mass is 32.2. The van der Waals surface area contributed by atoms with Gasteiger partial charge in [-0.05, 0) is 79.6 Å². The van der Waals surface area contributed by atoms with E-state index in [1.807, 2.05) is 6.92 Å². The van der Waals surface area contributed by atoms with Gasteiger partial charge in [0.05, 0.1) is 10.5 Å². The van der Waals surface area contributed by atoms with Crippen molar-refractivity contribution in [2.45, 2.75) is 44.4 Å². The Balaban J connectivity index is 1.80. The third-order valence-electron chi connectivity index (χ3n) is 5.27. The zero-order valence-electron chi connectivity index (χ0n) is 19.3. The normalized spacial score (nSPS) is 10.3. The lowest BCUT2D eigenvalue weighted by Gasteiger charge is -2.04. The molecule has 0 unspecified atom stereocenters. The van der Waals surface area contributed by atoms with Crippen LogP contribution >= 0.6 is 11.8 Å². The summed E-state index contributed by atoms with van der Waals surface area (Å²) < 4.78 is 56.7. The number of hydrogen-bond donors (Lipinski definition) is 0. The summed E-state index contributed by atoms with van der Waals surface area (Å²) in [4.78, 5) is -0.0383. The summed E-state index contributed by atoms with van der Waals surface area (Å²) in [5.41, 5.74) is 2.65. The molecule has 0 saturated carbocycles. The van der Waals surface area contributed by atoms with E-state index in [0.717, 1.165) is 36.6 Å². The molecule has 0 aliphatic rings. The Morgan fingerprint density at radius 1 is 0.735 bits per heavy atom. The first-order chi connectivity index (χ1) is 16.3. The van der Waals surface area contributed by atoms with E-state index in [2.05, 4.69) is 30.6 Å². The summed E-state index contributed by atoms with van der Waals surface area (Å²) in [6.07, 6.45) is 5.19. The second kappa shape index (κ2) is 11.8. The molecule has 0 saturated heterocycles. The summed E-state index contributed by atoms with van der Waals surface area (Å²) >= 11 is 1.00. The first kappa shape index (κ1) is 25.5. The van der Waals surface area contributed by atoms with Crippen LogP contribution in [0.1, 0.15) is 59.6 Å². The first-order valence-corrected chi connectivity index (χ1v) is 12.2. The number of benzene rings is 3. The van der Waals surface area contributed by atoms with Crippen molar-refractivity contribution in [3.8, 4) is 23.7 Å². The number of hydrogen-bond acceptors (Lipinski definition) is 1. The minimum atomic E-state index is -0.662. The molecule has 3 rings (SSSR count). The van der Waals surface area contributed by atoms with Gasteiger partial charge >= 0.3 is 0 Å². The summed E-state index contributed by atoms with van der Waals surface area (Å²) in [7, 11) is 0. The van der Waals surface area contributed by atoms with E-state index in [1.165, 1.54) is 24.3 Å². The zero-order valence-corrected chi connectivity index (χ0v) is 20.1. The maximum Gasteiger partial charge on any atom is 0.142 e. The van der Waals surface area contributed by atoms with Crippen LogP contribution in [-0.4, -0.2) is 6.26 Å². The van der Waals surface area contributed by atoms with Crippen LogP contribution in [0.15, 0.2) is 47.4 Å². The number of thioether (sulfide) groups is 1. The topological polar surface area (TPSA) is 0 Å². The first-order valence-electron chi connectivity index (χ1n) is 11.0. The smallest absolute Gasteiger partial charge is 0.142 e. The van der Waals surface area contributed by atoms with Gasteiger partial charge in [-0.25, -0.2) is 17.6 Å². The molecule has 0 aliphatic heterocycles. The molecule has 0 N–H and O–H groups in total. The third-order valence-corrected chi connectivity index (χ3v) is 6.07. The molecule has 5 heteroatoms. The molecule has 0 heterocycles. The molecule has 0 bridgehead atoms. The standard InChI is InChI=1S/C29H24F4S/c1-4-5-6-7-21-15-25(30)24(26(31)16-21)13-10-20-8-11-23(19(2)14-20)12-9-22-17-27(32)29(34-3)28(33)18-22/h8,11,14-18H,4-7H2,1-3H3. The Hall–Kier alpha value is -3.15. The van der Waals surface area contributed by atoms with Gasteiger partial charge in [0.15, 0.2) is 0 Å². The molecule has 0 aliphatic carbocycles. The molecule has 0 fully saturated rings. The summed E-state index contributed by atoms with van der Waals surface area (Å²) in [6.45, 7) is 3.90. The molecule has 0 aromatic heterocycles. The highest BCUT2D eigenvalue weighted by Gasteiger charge is 2.10. The van der Waals surface area contributed by atoms with Gasteiger partial charge in [-0.3, -0.25) is 0 Å². The number of halogens is 4. The van der Waals surface area contributed by atoms with Crippen molar-refractivity contribution in [3.63, 3.8) is 0 Å². The third kappa shape index (κ3) is 6.46. The predicted molar refractivity (Wildman–Crippen MR) is 131 cm³/mol. The Morgan fingerprint density at radius 2 is 1.38 bits per heavy atom. The van der Waals surface area contributed by atoms with Crippen LogP contribution in [0.5, 0.6) is 0 Å². The molecule has 0 amide bonds. The summed E-state index contributed by atoms with van der Waals surface area (Å²) in [5.74, 6) is 8.47. The fourth-order valence-corrected chi connectivity index (χ4v) is 3.96. The van der Waals surface area contributed by atoms with E-state index in [9.17, 15) is 17.6 Å². The fourth-order valence-electron chi connectivity index (χ4n) is 3.45. The van der Waals surface area contributed by atoms with E-state index < -0.39 is 23.3 Å². The number of aryl methyl sites for hydroxylation is 2. The van der Waals surface area contributed by atoms with Crippen molar-refractivity contribution in [1.82, 2.24) is 0 Å². The molecule has 34 heavy (non-hydrogen) atoms. The second-order valence-electron chi connectivity index (χ2n) is 7.89. The Bertz CT molecular complexity index is 1270. The minimum Gasteiger partial charge on any atom is -0.206 e. The molecular weight excluding hydrogens is 456 g/mol. The van der Waals surface area contributed by atoms with Crippen molar-refractivity contribution in [3.05, 3.63) is 99.1 Å². The molecular formula is C29H24F4S. The molecule has 0 nitrogen and oxygen atoms in total. The van der Waals surface area contributed by atoms with Crippen molar-refractivity contribution in [2.24, 2.45) is 0 Å². The van der Waals surface area contributed by atoms with Crippen LogP contribution in [0.4, 0.5) is 17.6 Å². The van der Waals surface area contributed by atoms with Crippen LogP contribution < -0.4 is 0 Å². The number of unbranched alkanes of at least 4 members (excludes halogenated alkanes) is 2. The fraction of sp³-hybridized carbons (Fsp3) is 0.241. The van der Waals surface area contributed by atoms with Gasteiger partial charge < -0.3 is 0 Å². The molecule has 0 spiro atoms. The van der Waals surface area contributed by atoms with E-state index in [4.69, 9.17) is 0 Å². The average Bonchev–Trinajstić information content (AvgIpc) is 2.78. The SMILES string of the molecule is CCCCCc1cc(F)c(C#Cc2ccc(C#Cc3cc(F)c(SC)c(F)c3)c(C)c2)c(F)c1. The van der Waals surface area contributed by atoms with Crippen LogP contribution in [0.2, 0.25) is 0 Å². The van der Waals surface area contributed by atoms with Crippen molar-refractivity contribution in [1.29, 1.82) is 0 Å². The Kier molecular flexibility index (Phi) is 8.85. The maximum atomic E-state index is 14.4. The molecule has 0 radical (unpaired) electrons. The molecule has 0 atom stereocenters. The number of rotatable bonds is 5. The lowest BCUT2D eigenvalue weighted by molar-refractivity contribution is 0.540. The van der Waals surface area contributed by atoms with Crippen LogP contribution in [0.3, 0.4) is 0 Å². The van der Waals surface area contributed by atoms with E-state index in [0.29, 0.717) is 23.1 Å². The lowest BCUT2D eigenvalue weighted by Crippen LogP contribution is -1.95. The Labute approximate surface area is 202 Å². The zero-order chi connectivity index (χ0) is 24.7. The lowest BCUT2D eigenvalue weighted by atomic mass is 10.0. The second-order valence-corrected chi connectivity index (χ2v) is 8.71. The van der Waals surface area contributed by atoms with E-state index >= 15 is 0 Å². The highest BCUT2D eigenvalue weighted by molar-refractivity contribution is 7.98. The summed E-state index contributed by atoms with van der Waals surface area (Å²) in [6, 6.07) is 10.3. The quantitative estimate of drug-likeness (QED) is 0.155.